The third-order valence-electron chi connectivity index (χ3n) is 6.96. The zero-order chi connectivity index (χ0) is 26.2. The molecule has 1 heterocycles. The lowest BCUT2D eigenvalue weighted by atomic mass is 9.59. The van der Waals surface area contributed by atoms with Gasteiger partial charge in [0, 0.05) is 15.2 Å². The van der Waals surface area contributed by atoms with Crippen molar-refractivity contribution in [3.8, 4) is 22.3 Å². The summed E-state index contributed by atoms with van der Waals surface area (Å²) < 4.78 is 7.15. The van der Waals surface area contributed by atoms with E-state index >= 15 is 0 Å². The third kappa shape index (κ3) is 3.69. The number of halogens is 1. The van der Waals surface area contributed by atoms with Crippen LogP contribution in [0.3, 0.4) is 0 Å². The SMILES string of the molecule is [B]c1c([B])c([B])c2c(-c3ccc4oc5ccc(-c6ccc(Br)cc6)cc5c4c3)c([B])c([B])c([B])c2c1[B]. The fourth-order valence-corrected chi connectivity index (χ4v) is 5.24. The second-order valence-electron chi connectivity index (χ2n) is 9.05. The van der Waals surface area contributed by atoms with Crippen molar-refractivity contribution in [2.24, 2.45) is 0 Å². The highest BCUT2D eigenvalue weighted by atomic mass is 79.9. The van der Waals surface area contributed by atoms with Crippen LogP contribution in [-0.4, -0.2) is 54.9 Å². The van der Waals surface area contributed by atoms with Crippen LogP contribution in [-0.2, 0) is 0 Å². The molecule has 9 heteroatoms. The quantitative estimate of drug-likeness (QED) is 0.303. The van der Waals surface area contributed by atoms with E-state index in [-0.39, 0.29) is 38.2 Å². The van der Waals surface area contributed by atoms with Gasteiger partial charge >= 0.3 is 0 Å². The Morgan fingerprint density at radius 2 is 0.919 bits per heavy atom. The summed E-state index contributed by atoms with van der Waals surface area (Å²) in [4.78, 5) is 0. The zero-order valence-electron chi connectivity index (χ0n) is 19.6. The smallest absolute Gasteiger partial charge is 0.135 e. The van der Waals surface area contributed by atoms with Gasteiger partial charge in [-0.05, 0) is 69.4 Å². The maximum atomic E-state index is 6.53. The van der Waals surface area contributed by atoms with E-state index in [1.807, 2.05) is 42.5 Å². The Bertz CT molecular complexity index is 1900. The van der Waals surface area contributed by atoms with E-state index in [1.54, 1.807) is 0 Å². The average molecular weight is 518 g/mol. The minimum atomic E-state index is 0.156. The summed E-state index contributed by atoms with van der Waals surface area (Å²) in [6, 6.07) is 20.0. The Morgan fingerprint density at radius 3 is 1.51 bits per heavy atom. The largest absolute Gasteiger partial charge is 0.456 e. The standard InChI is InChI=1S/C28H10B7BrO/c29-22-19(20-21(24(31)26(22)33)25(32)28(35)27(34)23(20)30)13-4-8-18-16(10-13)15-9-12(3-7-17(15)37-18)11-1-5-14(36)6-2-11/h1-10H. The van der Waals surface area contributed by atoms with Crippen LogP contribution in [0.25, 0.3) is 55.0 Å². The molecule has 0 spiro atoms. The van der Waals surface area contributed by atoms with E-state index in [0.29, 0.717) is 16.3 Å². The normalized spacial score (nSPS) is 11.6. The average Bonchev–Trinajstić information content (AvgIpc) is 3.27. The van der Waals surface area contributed by atoms with Gasteiger partial charge in [0.2, 0.25) is 0 Å². The van der Waals surface area contributed by atoms with Crippen LogP contribution >= 0.6 is 15.9 Å². The summed E-state index contributed by atoms with van der Waals surface area (Å²) >= 11 is 3.49. The van der Waals surface area contributed by atoms with Gasteiger partial charge in [-0.15, -0.1) is 16.4 Å². The van der Waals surface area contributed by atoms with Crippen molar-refractivity contribution in [1.82, 2.24) is 0 Å². The number of benzene rings is 5. The molecule has 0 saturated heterocycles. The van der Waals surface area contributed by atoms with Crippen molar-refractivity contribution in [3.63, 3.8) is 0 Å². The molecule has 6 rings (SSSR count). The Balaban J connectivity index is 1.66. The van der Waals surface area contributed by atoms with Crippen molar-refractivity contribution in [1.29, 1.82) is 0 Å². The first kappa shape index (κ1) is 24.4. The molecular formula is C28H10B7BrO. The molecule has 0 saturated carbocycles. The number of hydrogen-bond donors (Lipinski definition) is 0. The van der Waals surface area contributed by atoms with E-state index in [9.17, 15) is 0 Å². The molecule has 14 radical (unpaired) electrons. The van der Waals surface area contributed by atoms with Crippen LogP contribution in [0.4, 0.5) is 0 Å². The summed E-state index contributed by atoms with van der Waals surface area (Å²) in [5.41, 5.74) is 6.46. The van der Waals surface area contributed by atoms with Gasteiger partial charge in [-0.25, -0.2) is 0 Å². The fraction of sp³-hybridized carbons (Fsp3) is 0. The second-order valence-corrected chi connectivity index (χ2v) is 9.97. The van der Waals surface area contributed by atoms with Gasteiger partial charge in [-0.3, -0.25) is 0 Å². The van der Waals surface area contributed by atoms with Crippen LogP contribution in [0.5, 0.6) is 0 Å². The van der Waals surface area contributed by atoms with Gasteiger partial charge in [0.05, 0.1) is 0 Å². The maximum absolute atomic E-state index is 6.53. The minimum absolute atomic E-state index is 0.156. The zero-order valence-corrected chi connectivity index (χ0v) is 21.2. The summed E-state index contributed by atoms with van der Waals surface area (Å²) in [5, 5.41) is 2.81. The van der Waals surface area contributed by atoms with Crippen LogP contribution in [0, 0.1) is 0 Å². The molecule has 1 nitrogen and oxygen atoms in total. The van der Waals surface area contributed by atoms with Crippen LogP contribution in [0.2, 0.25) is 0 Å². The predicted molar refractivity (Wildman–Crippen MR) is 168 cm³/mol. The number of furan rings is 1. The molecule has 156 valence electrons. The highest BCUT2D eigenvalue weighted by Gasteiger charge is 2.19. The highest BCUT2D eigenvalue weighted by Crippen LogP contribution is 2.35. The van der Waals surface area contributed by atoms with Gasteiger partial charge in [0.1, 0.15) is 66.1 Å². The lowest BCUT2D eigenvalue weighted by Crippen LogP contribution is -2.52. The Hall–Kier alpha value is -2.91. The Morgan fingerprint density at radius 1 is 0.459 bits per heavy atom. The third-order valence-corrected chi connectivity index (χ3v) is 7.49. The van der Waals surface area contributed by atoms with Crippen molar-refractivity contribution in [2.45, 2.75) is 0 Å². The first-order chi connectivity index (χ1) is 17.7. The highest BCUT2D eigenvalue weighted by molar-refractivity contribution is 9.10. The lowest BCUT2D eigenvalue weighted by Gasteiger charge is -2.25. The Kier molecular flexibility index (Phi) is 5.84. The summed E-state index contributed by atoms with van der Waals surface area (Å²) in [6.07, 6.45) is 0. The van der Waals surface area contributed by atoms with Crippen molar-refractivity contribution in [3.05, 3.63) is 65.1 Å². The first-order valence-corrected chi connectivity index (χ1v) is 12.2. The molecule has 37 heavy (non-hydrogen) atoms. The topological polar surface area (TPSA) is 13.1 Å². The van der Waals surface area contributed by atoms with Crippen LogP contribution < -0.4 is 38.2 Å². The fourth-order valence-electron chi connectivity index (χ4n) is 4.97. The molecule has 0 aliphatic heterocycles. The van der Waals surface area contributed by atoms with Gasteiger partial charge in [-0.1, -0.05) is 62.0 Å². The predicted octanol–water partition coefficient (Wildman–Crippen LogP) is 0.392. The van der Waals surface area contributed by atoms with Gasteiger partial charge in [0.25, 0.3) is 0 Å². The molecule has 0 aliphatic rings. The maximum Gasteiger partial charge on any atom is 0.135 e. The monoisotopic (exact) mass is 518 g/mol. The van der Waals surface area contributed by atoms with Crippen molar-refractivity contribution < 1.29 is 4.42 Å². The minimum Gasteiger partial charge on any atom is -0.456 e. The molecule has 1 aromatic heterocycles. The van der Waals surface area contributed by atoms with Gasteiger partial charge in [0.15, 0.2) is 0 Å². The summed E-state index contributed by atoms with van der Waals surface area (Å²) in [6.45, 7) is 0. The molecule has 0 bridgehead atoms. The first-order valence-electron chi connectivity index (χ1n) is 11.4. The van der Waals surface area contributed by atoms with Crippen molar-refractivity contribution >= 4 is 142 Å². The Labute approximate surface area is 232 Å². The second kappa shape index (κ2) is 8.84. The van der Waals surface area contributed by atoms with Crippen LogP contribution in [0.1, 0.15) is 0 Å². The molecule has 0 aliphatic carbocycles. The van der Waals surface area contributed by atoms with E-state index in [1.165, 1.54) is 0 Å². The van der Waals surface area contributed by atoms with Gasteiger partial charge in [-0.2, -0.15) is 0 Å². The van der Waals surface area contributed by atoms with Gasteiger partial charge < -0.3 is 4.42 Å². The molecule has 0 unspecified atom stereocenters. The molecule has 0 atom stereocenters. The van der Waals surface area contributed by atoms with E-state index in [2.05, 4.69) is 34.1 Å². The molecule has 6 aromatic rings. The van der Waals surface area contributed by atoms with Crippen molar-refractivity contribution in [2.75, 3.05) is 0 Å². The molecular weight excluding hydrogens is 508 g/mol. The number of rotatable bonds is 2. The van der Waals surface area contributed by atoms with E-state index < -0.39 is 0 Å². The molecule has 5 aromatic carbocycles. The number of hydrogen-bond acceptors (Lipinski definition) is 1. The van der Waals surface area contributed by atoms with E-state index in [0.717, 1.165) is 43.1 Å². The molecule has 0 N–H and O–H groups in total. The summed E-state index contributed by atoms with van der Waals surface area (Å²) in [5.74, 6) is 0. The lowest BCUT2D eigenvalue weighted by molar-refractivity contribution is 0.669. The number of fused-ring (bicyclic) bond motifs is 4. The van der Waals surface area contributed by atoms with Crippen LogP contribution in [0.15, 0.2) is 69.6 Å². The molecule has 0 amide bonds. The van der Waals surface area contributed by atoms with E-state index in [4.69, 9.17) is 59.3 Å². The summed E-state index contributed by atoms with van der Waals surface area (Å²) in [7, 11) is 44.3. The molecule has 0 fully saturated rings.